The lowest BCUT2D eigenvalue weighted by molar-refractivity contribution is -0.237. The molecule has 2 aliphatic heterocycles. The van der Waals surface area contributed by atoms with Crippen LogP contribution in [0, 0.1) is 0 Å². The van der Waals surface area contributed by atoms with Crippen molar-refractivity contribution in [3.63, 3.8) is 0 Å². The largest absolute Gasteiger partial charge is 0.374 e. The highest BCUT2D eigenvalue weighted by molar-refractivity contribution is 7.99. The molecule has 8 heteroatoms. The molecule has 2 aliphatic rings. The van der Waals surface area contributed by atoms with Crippen LogP contribution in [0.4, 0.5) is 0 Å². The van der Waals surface area contributed by atoms with Crippen LogP contribution in [-0.4, -0.2) is 46.8 Å². The zero-order valence-corrected chi connectivity index (χ0v) is 29.3. The smallest absolute Gasteiger partial charge is 0.216 e. The minimum Gasteiger partial charge on any atom is -0.374 e. The Morgan fingerprint density at radius 2 is 1.06 bits per heavy atom. The third-order valence-electron chi connectivity index (χ3n) is 9.74. The van der Waals surface area contributed by atoms with Gasteiger partial charge in [-0.3, -0.25) is 4.57 Å². The molecule has 0 N–H and O–H groups in total. The summed E-state index contributed by atoms with van der Waals surface area (Å²) in [6.07, 6.45) is -2.32. The third kappa shape index (κ3) is 7.47. The van der Waals surface area contributed by atoms with Crippen LogP contribution in [0.3, 0.4) is 0 Å². The SMILES string of the molecule is CC1(C)C(C)(C)P1(=O)O[C@@H]1[C@@H](OCc2ccccc2)[C@H](OCc2ccccc2)[C@@H](COCc2ccccc2)O[C@H]1Sc1ccccc1. The fourth-order valence-electron chi connectivity index (χ4n) is 6.16. The summed E-state index contributed by atoms with van der Waals surface area (Å²) in [5, 5.41) is -0.968. The van der Waals surface area contributed by atoms with Crippen LogP contribution in [0.2, 0.25) is 0 Å². The molecule has 0 aromatic heterocycles. The van der Waals surface area contributed by atoms with E-state index < -0.39 is 47.5 Å². The molecule has 0 spiro atoms. The average molecular weight is 673 g/mol. The second-order valence-corrected chi connectivity index (χ2v) is 18.0. The molecule has 2 heterocycles. The van der Waals surface area contributed by atoms with Gasteiger partial charge in [0.2, 0.25) is 7.37 Å². The number of hydrogen-bond donors (Lipinski definition) is 0. The number of thioether (sulfide) groups is 1. The molecule has 0 bridgehead atoms. The van der Waals surface area contributed by atoms with E-state index in [1.807, 2.05) is 137 Å². The van der Waals surface area contributed by atoms with E-state index in [-0.39, 0.29) is 6.61 Å². The Labute approximate surface area is 283 Å². The van der Waals surface area contributed by atoms with Crippen molar-refractivity contribution < 1.29 is 28.0 Å². The highest BCUT2D eigenvalue weighted by Gasteiger charge is 2.78. The Morgan fingerprint density at radius 3 is 1.55 bits per heavy atom. The van der Waals surface area contributed by atoms with Crippen molar-refractivity contribution in [2.45, 2.75) is 92.6 Å². The molecule has 0 unspecified atom stereocenters. The first kappa shape index (κ1) is 34.1. The number of ether oxygens (including phenoxy) is 4. The Morgan fingerprint density at radius 1 is 0.617 bits per heavy atom. The van der Waals surface area contributed by atoms with Gasteiger partial charge in [0.15, 0.2) is 0 Å². The van der Waals surface area contributed by atoms with Crippen LogP contribution >= 0.6 is 19.1 Å². The summed E-state index contributed by atoms with van der Waals surface area (Å²) >= 11 is 1.56. The molecule has 4 aromatic carbocycles. The predicted molar refractivity (Wildman–Crippen MR) is 188 cm³/mol. The normalized spacial score (nSPS) is 25.7. The van der Waals surface area contributed by atoms with Crippen LogP contribution in [0.15, 0.2) is 126 Å². The van der Waals surface area contributed by atoms with E-state index in [2.05, 4.69) is 12.1 Å². The molecular weight excluding hydrogens is 627 g/mol. The Bertz CT molecular complexity index is 1580. The molecular formula is C39H45O6PS. The van der Waals surface area contributed by atoms with Crippen molar-refractivity contribution in [1.82, 2.24) is 0 Å². The maximum absolute atomic E-state index is 14.6. The van der Waals surface area contributed by atoms with Crippen molar-refractivity contribution in [3.05, 3.63) is 138 Å². The minimum atomic E-state index is -3.11. The lowest BCUT2D eigenvalue weighted by atomic mass is 9.99. The van der Waals surface area contributed by atoms with Crippen LogP contribution in [0.5, 0.6) is 0 Å². The quantitative estimate of drug-likeness (QED) is 0.124. The molecule has 4 aromatic rings. The molecule has 2 fully saturated rings. The Kier molecular flexibility index (Phi) is 10.7. The van der Waals surface area contributed by atoms with E-state index in [1.165, 1.54) is 0 Å². The zero-order chi connectivity index (χ0) is 32.9. The van der Waals surface area contributed by atoms with E-state index in [9.17, 15) is 4.57 Å². The fraction of sp³-hybridized carbons (Fsp3) is 0.385. The first-order valence-electron chi connectivity index (χ1n) is 16.3. The van der Waals surface area contributed by atoms with Gasteiger partial charge in [-0.05, 0) is 56.5 Å². The van der Waals surface area contributed by atoms with Crippen molar-refractivity contribution in [3.8, 4) is 0 Å². The van der Waals surface area contributed by atoms with Crippen molar-refractivity contribution in [2.75, 3.05) is 6.61 Å². The zero-order valence-electron chi connectivity index (χ0n) is 27.6. The molecule has 0 aliphatic carbocycles. The van der Waals surface area contributed by atoms with Gasteiger partial charge in [-0.1, -0.05) is 121 Å². The number of benzene rings is 4. The van der Waals surface area contributed by atoms with Gasteiger partial charge in [-0.2, -0.15) is 0 Å². The predicted octanol–water partition coefficient (Wildman–Crippen LogP) is 9.13. The summed E-state index contributed by atoms with van der Waals surface area (Å²) < 4.78 is 48.3. The number of hydrogen-bond acceptors (Lipinski definition) is 7. The first-order valence-corrected chi connectivity index (χ1v) is 18.8. The number of rotatable bonds is 14. The molecule has 6 nitrogen and oxygen atoms in total. The summed E-state index contributed by atoms with van der Waals surface area (Å²) in [5.74, 6) is 0. The highest BCUT2D eigenvalue weighted by atomic mass is 32.2. The molecule has 0 saturated carbocycles. The van der Waals surface area contributed by atoms with E-state index >= 15 is 0 Å². The maximum Gasteiger partial charge on any atom is 0.216 e. The van der Waals surface area contributed by atoms with Crippen LogP contribution < -0.4 is 0 Å². The lowest BCUT2D eigenvalue weighted by Gasteiger charge is -2.46. The second kappa shape index (κ2) is 14.8. The van der Waals surface area contributed by atoms with Gasteiger partial charge in [0.25, 0.3) is 0 Å². The summed E-state index contributed by atoms with van der Waals surface area (Å²) in [4.78, 5) is 1.02. The summed E-state index contributed by atoms with van der Waals surface area (Å²) in [6.45, 7) is 9.53. The third-order valence-corrected chi connectivity index (χ3v) is 15.3. The molecule has 0 amide bonds. The van der Waals surface area contributed by atoms with Gasteiger partial charge < -0.3 is 23.5 Å². The maximum atomic E-state index is 14.6. The van der Waals surface area contributed by atoms with E-state index in [0.29, 0.717) is 19.8 Å². The lowest BCUT2D eigenvalue weighted by Crippen LogP contribution is -2.60. The summed E-state index contributed by atoms with van der Waals surface area (Å²) in [6, 6.07) is 40.4. The second-order valence-electron chi connectivity index (χ2n) is 13.2. The first-order chi connectivity index (χ1) is 22.7. The Hall–Kier alpha value is -2.74. The van der Waals surface area contributed by atoms with Gasteiger partial charge in [-0.15, -0.1) is 0 Å². The van der Waals surface area contributed by atoms with Crippen molar-refractivity contribution in [2.24, 2.45) is 0 Å². The molecule has 0 radical (unpaired) electrons. The standard InChI is InChI=1S/C39H45O6PS/c1-38(2)39(3,4)46(38,40)45-36-35(43-27-31-21-13-7-14-22-31)34(42-26-30-19-11-6-12-20-30)33(28-41-25-29-17-9-5-10-18-29)44-37(36)47-32-23-15-8-16-24-32/h5-24,33-37H,25-28H2,1-4H3/t33-,34-,35+,36-,37+/m1/s1. The topological polar surface area (TPSA) is 63.2 Å². The molecule has 5 atom stereocenters. The average Bonchev–Trinajstić information content (AvgIpc) is 3.40. The fourth-order valence-corrected chi connectivity index (χ4v) is 10.9. The van der Waals surface area contributed by atoms with Gasteiger partial charge >= 0.3 is 0 Å². The molecule has 6 rings (SSSR count). The van der Waals surface area contributed by atoms with Crippen LogP contribution in [-0.2, 0) is 47.9 Å². The summed E-state index contributed by atoms with van der Waals surface area (Å²) in [7, 11) is -3.11. The van der Waals surface area contributed by atoms with Crippen molar-refractivity contribution in [1.29, 1.82) is 0 Å². The van der Waals surface area contributed by atoms with Crippen LogP contribution in [0.1, 0.15) is 44.4 Å². The van der Waals surface area contributed by atoms with Crippen molar-refractivity contribution >= 4 is 19.1 Å². The molecule has 47 heavy (non-hydrogen) atoms. The minimum absolute atomic E-state index is 0.284. The van der Waals surface area contributed by atoms with Gasteiger partial charge in [0.1, 0.15) is 29.9 Å². The molecule has 248 valence electrons. The van der Waals surface area contributed by atoms with Gasteiger partial charge in [-0.25, -0.2) is 0 Å². The Balaban J connectivity index is 1.35. The van der Waals surface area contributed by atoms with E-state index in [1.54, 1.807) is 11.8 Å². The molecule has 2 saturated heterocycles. The van der Waals surface area contributed by atoms with E-state index in [0.717, 1.165) is 21.6 Å². The summed E-state index contributed by atoms with van der Waals surface area (Å²) in [5.41, 5.74) is 2.61. The van der Waals surface area contributed by atoms with E-state index in [4.69, 9.17) is 23.5 Å². The van der Waals surface area contributed by atoms with Crippen LogP contribution in [0.25, 0.3) is 0 Å². The highest BCUT2D eigenvalue weighted by Crippen LogP contribution is 2.90. The van der Waals surface area contributed by atoms with Gasteiger partial charge in [0.05, 0.1) is 36.7 Å². The van der Waals surface area contributed by atoms with Gasteiger partial charge in [0, 0.05) is 4.90 Å². The monoisotopic (exact) mass is 672 g/mol.